The quantitative estimate of drug-likeness (QED) is 0.687. The van der Waals surface area contributed by atoms with Gasteiger partial charge in [0, 0.05) is 18.4 Å². The average molecular weight is 277 g/mol. The Morgan fingerprint density at radius 2 is 1.58 bits per heavy atom. The van der Waals surface area contributed by atoms with Crippen LogP contribution in [0.4, 0.5) is 0 Å². The van der Waals surface area contributed by atoms with E-state index >= 15 is 0 Å². The number of ketones is 1. The first kappa shape index (κ1) is 23.2. The van der Waals surface area contributed by atoms with Crippen LogP contribution in [-0.4, -0.2) is 41.2 Å². The Morgan fingerprint density at radius 1 is 1.16 bits per heavy atom. The second-order valence-electron chi connectivity index (χ2n) is 4.29. The van der Waals surface area contributed by atoms with Crippen LogP contribution in [0.5, 0.6) is 0 Å². The number of amides is 1. The molecule has 0 spiro atoms. The average Bonchev–Trinajstić information content (AvgIpc) is 2.41. The molecule has 0 saturated carbocycles. The van der Waals surface area contributed by atoms with Crippen LogP contribution in [0.2, 0.25) is 0 Å². The van der Waals surface area contributed by atoms with Crippen LogP contribution < -0.4 is 5.32 Å². The van der Waals surface area contributed by atoms with Crippen molar-refractivity contribution in [3.8, 4) is 0 Å². The van der Waals surface area contributed by atoms with E-state index in [4.69, 9.17) is 5.11 Å². The molecule has 0 aromatic heterocycles. The maximum absolute atomic E-state index is 11.3. The first-order chi connectivity index (χ1) is 8.81. The molecule has 116 valence electrons. The van der Waals surface area contributed by atoms with Crippen molar-refractivity contribution in [2.45, 2.75) is 61.0 Å². The zero-order valence-corrected chi connectivity index (χ0v) is 13.4. The minimum Gasteiger partial charge on any atom is -0.396 e. The predicted molar refractivity (Wildman–Crippen MR) is 77.9 cm³/mol. The summed E-state index contributed by atoms with van der Waals surface area (Å²) in [5, 5.41) is 20.9. The van der Waals surface area contributed by atoms with Gasteiger partial charge in [-0.25, -0.2) is 0 Å². The minimum atomic E-state index is -1.27. The zero-order valence-electron chi connectivity index (χ0n) is 13.4. The number of hydrogen-bond acceptors (Lipinski definition) is 4. The zero-order chi connectivity index (χ0) is 16.1. The van der Waals surface area contributed by atoms with Crippen LogP contribution in [0.1, 0.15) is 54.9 Å². The van der Waals surface area contributed by atoms with Gasteiger partial charge in [0.2, 0.25) is 5.91 Å². The number of aliphatic hydroxyl groups excluding tert-OH is 2. The Balaban J connectivity index is -0.000000579. The molecule has 19 heavy (non-hydrogen) atoms. The fraction of sp³-hybridized carbons (Fsp3) is 0.857. The summed E-state index contributed by atoms with van der Waals surface area (Å²) >= 11 is 0. The third-order valence-corrected chi connectivity index (χ3v) is 2.17. The topological polar surface area (TPSA) is 86.6 Å². The summed E-state index contributed by atoms with van der Waals surface area (Å²) in [5.74, 6) is -0.582. The van der Waals surface area contributed by atoms with Gasteiger partial charge in [-0.05, 0) is 6.92 Å². The number of Topliss-reactive ketones (excluding diaryl/α,β-unsaturated/α-hetero) is 1. The van der Waals surface area contributed by atoms with Crippen molar-refractivity contribution in [3.63, 3.8) is 0 Å². The number of rotatable bonds is 6. The van der Waals surface area contributed by atoms with Gasteiger partial charge in [-0.1, -0.05) is 41.5 Å². The molecule has 0 heterocycles. The van der Waals surface area contributed by atoms with E-state index < -0.39 is 17.4 Å². The third-order valence-electron chi connectivity index (χ3n) is 2.17. The van der Waals surface area contributed by atoms with E-state index in [1.807, 2.05) is 27.7 Å². The normalized spacial score (nSPS) is 11.2. The van der Waals surface area contributed by atoms with Gasteiger partial charge in [-0.15, -0.1) is 0 Å². The number of carbonyl (C=O) groups is 2. The van der Waals surface area contributed by atoms with E-state index in [0.717, 1.165) is 0 Å². The molecule has 0 aliphatic rings. The van der Waals surface area contributed by atoms with Crippen molar-refractivity contribution in [1.82, 2.24) is 5.32 Å². The maximum Gasteiger partial charge on any atom is 0.249 e. The standard InChI is InChI=1S/C10H19NO4.2C2H6/c1-7(13)4-5-11-9(15)8(14)10(2,3)6-12;2*1-2/h8,12,14H,4-6H2,1-3H3,(H,11,15);2*1-2H3/t8-;;/m0../s1. The van der Waals surface area contributed by atoms with Crippen molar-refractivity contribution < 1.29 is 19.8 Å². The molecule has 0 saturated heterocycles. The summed E-state index contributed by atoms with van der Waals surface area (Å²) in [7, 11) is 0. The molecule has 0 bridgehead atoms. The van der Waals surface area contributed by atoms with Crippen molar-refractivity contribution in [2.75, 3.05) is 13.2 Å². The fourth-order valence-corrected chi connectivity index (χ4v) is 0.900. The van der Waals surface area contributed by atoms with Crippen molar-refractivity contribution in [3.05, 3.63) is 0 Å². The number of carbonyl (C=O) groups excluding carboxylic acids is 2. The number of aliphatic hydroxyl groups is 2. The first-order valence-corrected chi connectivity index (χ1v) is 6.87. The Morgan fingerprint density at radius 3 is 1.89 bits per heavy atom. The number of hydrogen-bond donors (Lipinski definition) is 3. The van der Waals surface area contributed by atoms with Crippen molar-refractivity contribution in [2.24, 2.45) is 5.41 Å². The molecule has 0 fully saturated rings. The first-order valence-electron chi connectivity index (χ1n) is 6.87. The monoisotopic (exact) mass is 277 g/mol. The molecule has 5 heteroatoms. The second kappa shape index (κ2) is 13.5. The molecule has 0 unspecified atom stereocenters. The lowest BCUT2D eigenvalue weighted by Gasteiger charge is -2.27. The van der Waals surface area contributed by atoms with Gasteiger partial charge in [-0.3, -0.25) is 9.59 Å². The van der Waals surface area contributed by atoms with Gasteiger partial charge in [0.25, 0.3) is 0 Å². The largest absolute Gasteiger partial charge is 0.396 e. The highest BCUT2D eigenvalue weighted by Crippen LogP contribution is 2.19. The van der Waals surface area contributed by atoms with Crippen LogP contribution in [0.15, 0.2) is 0 Å². The molecule has 1 amide bonds. The summed E-state index contributed by atoms with van der Waals surface area (Å²) in [6.07, 6.45) is -1.02. The molecular formula is C14H31NO4. The van der Waals surface area contributed by atoms with E-state index in [1.165, 1.54) is 6.92 Å². The predicted octanol–water partition coefficient (Wildman–Crippen LogP) is 1.51. The van der Waals surface area contributed by atoms with Gasteiger partial charge in [0.15, 0.2) is 0 Å². The Hall–Kier alpha value is -0.940. The maximum atomic E-state index is 11.3. The molecule has 3 N–H and O–H groups in total. The highest BCUT2D eigenvalue weighted by atomic mass is 16.3. The Bertz CT molecular complexity index is 240. The Labute approximate surface area is 117 Å². The fourth-order valence-electron chi connectivity index (χ4n) is 0.900. The highest BCUT2D eigenvalue weighted by Gasteiger charge is 2.32. The van der Waals surface area contributed by atoms with Crippen LogP contribution in [0.3, 0.4) is 0 Å². The summed E-state index contributed by atoms with van der Waals surface area (Å²) in [5.41, 5.74) is -0.875. The highest BCUT2D eigenvalue weighted by molar-refractivity contribution is 5.82. The molecule has 0 aromatic carbocycles. The molecular weight excluding hydrogens is 246 g/mol. The Kier molecular flexibility index (Phi) is 16.5. The van der Waals surface area contributed by atoms with Crippen molar-refractivity contribution in [1.29, 1.82) is 0 Å². The van der Waals surface area contributed by atoms with Crippen molar-refractivity contribution >= 4 is 11.7 Å². The summed E-state index contributed by atoms with van der Waals surface area (Å²) in [4.78, 5) is 21.9. The summed E-state index contributed by atoms with van der Waals surface area (Å²) in [6.45, 7) is 12.5. The van der Waals surface area contributed by atoms with E-state index in [1.54, 1.807) is 13.8 Å². The van der Waals surface area contributed by atoms with E-state index in [0.29, 0.717) is 0 Å². The van der Waals surface area contributed by atoms with Gasteiger partial charge < -0.3 is 15.5 Å². The van der Waals surface area contributed by atoms with E-state index in [-0.39, 0.29) is 25.4 Å². The van der Waals surface area contributed by atoms with E-state index in [2.05, 4.69) is 5.32 Å². The van der Waals surface area contributed by atoms with Crippen LogP contribution in [-0.2, 0) is 9.59 Å². The molecule has 1 atom stereocenters. The third kappa shape index (κ3) is 11.9. The summed E-state index contributed by atoms with van der Waals surface area (Å²) < 4.78 is 0. The lowest BCUT2D eigenvalue weighted by molar-refractivity contribution is -0.137. The lowest BCUT2D eigenvalue weighted by atomic mass is 9.87. The van der Waals surface area contributed by atoms with Gasteiger partial charge >= 0.3 is 0 Å². The summed E-state index contributed by atoms with van der Waals surface area (Å²) in [6, 6.07) is 0. The van der Waals surface area contributed by atoms with Crippen LogP contribution in [0.25, 0.3) is 0 Å². The van der Waals surface area contributed by atoms with Gasteiger partial charge in [-0.2, -0.15) is 0 Å². The van der Waals surface area contributed by atoms with E-state index in [9.17, 15) is 14.7 Å². The molecule has 0 aliphatic carbocycles. The van der Waals surface area contributed by atoms with Gasteiger partial charge in [0.05, 0.1) is 6.61 Å². The van der Waals surface area contributed by atoms with Crippen LogP contribution in [0, 0.1) is 5.41 Å². The SMILES string of the molecule is CC.CC.CC(=O)CCNC(=O)[C@H](O)C(C)(C)CO. The molecule has 5 nitrogen and oxygen atoms in total. The molecule has 0 rings (SSSR count). The smallest absolute Gasteiger partial charge is 0.249 e. The number of nitrogens with one attached hydrogen (secondary N) is 1. The second-order valence-corrected chi connectivity index (χ2v) is 4.29. The lowest BCUT2D eigenvalue weighted by Crippen LogP contribution is -2.45. The van der Waals surface area contributed by atoms with Crippen LogP contribution >= 0.6 is 0 Å². The van der Waals surface area contributed by atoms with Gasteiger partial charge in [0.1, 0.15) is 11.9 Å². The molecule has 0 aliphatic heterocycles. The molecule has 0 aromatic rings. The molecule has 0 radical (unpaired) electrons. The minimum absolute atomic E-state index is 0.0220.